The molecular weight excluding hydrogens is 274 g/mol. The second kappa shape index (κ2) is 4.72. The summed E-state index contributed by atoms with van der Waals surface area (Å²) in [6, 6.07) is 1.73. The molecule has 3 nitrogen and oxygen atoms in total. The highest BCUT2D eigenvalue weighted by Gasteiger charge is 2.38. The lowest BCUT2D eigenvalue weighted by Gasteiger charge is -2.18. The lowest BCUT2D eigenvalue weighted by atomic mass is 10.0. The molecule has 0 saturated carbocycles. The summed E-state index contributed by atoms with van der Waals surface area (Å²) < 4.78 is 27.1. The molecule has 1 amide bonds. The average molecular weight is 287 g/mol. The predicted molar refractivity (Wildman–Crippen MR) is 67.1 cm³/mol. The molecule has 0 spiro atoms. The molecule has 2 fully saturated rings. The van der Waals surface area contributed by atoms with Crippen LogP contribution in [0.25, 0.3) is 0 Å². The van der Waals surface area contributed by atoms with E-state index in [0.29, 0.717) is 24.9 Å². The van der Waals surface area contributed by atoms with Crippen molar-refractivity contribution >= 4 is 17.5 Å². The number of halogens is 3. The third-order valence-corrected chi connectivity index (χ3v) is 4.21. The van der Waals surface area contributed by atoms with E-state index in [0.717, 1.165) is 25.2 Å². The number of amides is 1. The Hall–Kier alpha value is -1.20. The largest absolute Gasteiger partial charge is 0.338 e. The van der Waals surface area contributed by atoms with Crippen LogP contribution in [0.15, 0.2) is 12.1 Å². The molecular formula is C13H13ClF2N2O. The van der Waals surface area contributed by atoms with E-state index < -0.39 is 17.5 Å². The van der Waals surface area contributed by atoms with Gasteiger partial charge in [-0.15, -0.1) is 0 Å². The molecule has 2 saturated heterocycles. The normalized spacial score (nSPS) is 25.7. The van der Waals surface area contributed by atoms with Crippen LogP contribution in [0.4, 0.5) is 8.78 Å². The van der Waals surface area contributed by atoms with E-state index in [-0.39, 0.29) is 10.6 Å². The van der Waals surface area contributed by atoms with Crippen LogP contribution in [0.1, 0.15) is 10.4 Å². The lowest BCUT2D eigenvalue weighted by Crippen LogP contribution is -2.32. The van der Waals surface area contributed by atoms with Crippen LogP contribution < -0.4 is 5.32 Å². The smallest absolute Gasteiger partial charge is 0.256 e. The van der Waals surface area contributed by atoms with Crippen molar-refractivity contribution < 1.29 is 13.6 Å². The number of hydrogen-bond acceptors (Lipinski definition) is 2. The van der Waals surface area contributed by atoms with Crippen LogP contribution in [0.2, 0.25) is 5.02 Å². The van der Waals surface area contributed by atoms with Gasteiger partial charge in [0, 0.05) is 26.2 Å². The fourth-order valence-corrected chi connectivity index (χ4v) is 3.03. The standard InChI is InChI=1S/C13H13ClF2N2O/c14-10-2-11(15)9(1-12(10)16)13(19)18-5-7-3-17-4-8(7)6-18/h1-2,7-8,17H,3-6H2/t7-,8+. The van der Waals surface area contributed by atoms with Crippen LogP contribution >= 0.6 is 11.6 Å². The highest BCUT2D eigenvalue weighted by Crippen LogP contribution is 2.28. The molecule has 2 heterocycles. The first-order chi connectivity index (χ1) is 9.06. The highest BCUT2D eigenvalue weighted by atomic mass is 35.5. The fraction of sp³-hybridized carbons (Fsp3) is 0.462. The summed E-state index contributed by atoms with van der Waals surface area (Å²) in [5, 5.41) is 2.95. The topological polar surface area (TPSA) is 32.3 Å². The molecule has 3 rings (SSSR count). The quantitative estimate of drug-likeness (QED) is 0.800. The van der Waals surface area contributed by atoms with Crippen LogP contribution in [-0.2, 0) is 0 Å². The van der Waals surface area contributed by atoms with Gasteiger partial charge in [0.2, 0.25) is 0 Å². The van der Waals surface area contributed by atoms with Crippen molar-refractivity contribution in [2.45, 2.75) is 0 Å². The van der Waals surface area contributed by atoms with Gasteiger partial charge in [0.25, 0.3) is 5.91 Å². The number of nitrogens with zero attached hydrogens (tertiary/aromatic N) is 1. The second-order valence-corrected chi connectivity index (χ2v) is 5.54. The first-order valence-corrected chi connectivity index (χ1v) is 6.58. The zero-order chi connectivity index (χ0) is 13.6. The Balaban J connectivity index is 1.83. The molecule has 2 atom stereocenters. The molecule has 0 radical (unpaired) electrons. The Morgan fingerprint density at radius 1 is 1.21 bits per heavy atom. The maximum absolute atomic E-state index is 13.7. The number of likely N-dealkylation sites (tertiary alicyclic amines) is 1. The maximum Gasteiger partial charge on any atom is 0.256 e. The van der Waals surface area contributed by atoms with Gasteiger partial charge in [-0.2, -0.15) is 0 Å². The number of carbonyl (C=O) groups is 1. The van der Waals surface area contributed by atoms with Crippen molar-refractivity contribution in [1.82, 2.24) is 10.2 Å². The van der Waals surface area contributed by atoms with Gasteiger partial charge in [-0.3, -0.25) is 4.79 Å². The third-order valence-electron chi connectivity index (χ3n) is 3.92. The highest BCUT2D eigenvalue weighted by molar-refractivity contribution is 6.30. The molecule has 0 bridgehead atoms. The third kappa shape index (κ3) is 2.21. The Bertz CT molecular complexity index is 526. The maximum atomic E-state index is 13.7. The van der Waals surface area contributed by atoms with Crippen molar-refractivity contribution in [1.29, 1.82) is 0 Å². The van der Waals surface area contributed by atoms with E-state index in [9.17, 15) is 13.6 Å². The molecule has 19 heavy (non-hydrogen) atoms. The molecule has 1 aromatic rings. The molecule has 0 aliphatic carbocycles. The monoisotopic (exact) mass is 286 g/mol. The molecule has 2 aliphatic heterocycles. The van der Waals surface area contributed by atoms with Gasteiger partial charge < -0.3 is 10.2 Å². The summed E-state index contributed by atoms with van der Waals surface area (Å²) in [5.74, 6) is -1.16. The number of fused-ring (bicyclic) bond motifs is 1. The first-order valence-electron chi connectivity index (χ1n) is 6.21. The Morgan fingerprint density at radius 2 is 1.84 bits per heavy atom. The Kier molecular flexibility index (Phi) is 3.19. The summed E-state index contributed by atoms with van der Waals surface area (Å²) in [5.41, 5.74) is -0.241. The molecule has 102 valence electrons. The van der Waals surface area contributed by atoms with E-state index in [2.05, 4.69) is 5.32 Å². The first kappa shape index (κ1) is 12.8. The van der Waals surface area contributed by atoms with Gasteiger partial charge in [-0.1, -0.05) is 11.6 Å². The molecule has 0 unspecified atom stereocenters. The number of nitrogens with one attached hydrogen (secondary N) is 1. The van der Waals surface area contributed by atoms with Crippen molar-refractivity contribution in [3.63, 3.8) is 0 Å². The van der Waals surface area contributed by atoms with Crippen molar-refractivity contribution in [3.8, 4) is 0 Å². The van der Waals surface area contributed by atoms with Crippen LogP contribution in [-0.4, -0.2) is 37.0 Å². The SMILES string of the molecule is O=C(c1cc(F)c(Cl)cc1F)N1C[C@H]2CNC[C@H]2C1. The van der Waals surface area contributed by atoms with Crippen LogP contribution in [0.5, 0.6) is 0 Å². The number of hydrogen-bond donors (Lipinski definition) is 1. The van der Waals surface area contributed by atoms with Gasteiger partial charge in [0.1, 0.15) is 11.6 Å². The van der Waals surface area contributed by atoms with Crippen molar-refractivity contribution in [2.75, 3.05) is 26.2 Å². The summed E-state index contributed by atoms with van der Waals surface area (Å²) in [6.07, 6.45) is 0. The van der Waals surface area contributed by atoms with E-state index in [1.807, 2.05) is 0 Å². The number of benzene rings is 1. The molecule has 1 aromatic carbocycles. The minimum Gasteiger partial charge on any atom is -0.338 e. The summed E-state index contributed by atoms with van der Waals surface area (Å²) in [6.45, 7) is 2.96. The van der Waals surface area contributed by atoms with Gasteiger partial charge >= 0.3 is 0 Å². The summed E-state index contributed by atoms with van der Waals surface area (Å²) >= 11 is 5.48. The van der Waals surface area contributed by atoms with E-state index in [1.54, 1.807) is 4.90 Å². The van der Waals surface area contributed by atoms with Gasteiger partial charge in [0.15, 0.2) is 0 Å². The number of rotatable bonds is 1. The summed E-state index contributed by atoms with van der Waals surface area (Å²) in [7, 11) is 0. The van der Waals surface area contributed by atoms with Crippen molar-refractivity contribution in [3.05, 3.63) is 34.4 Å². The predicted octanol–water partition coefficient (Wildman–Crippen LogP) is 1.91. The minimum absolute atomic E-state index is 0.241. The average Bonchev–Trinajstić information content (AvgIpc) is 2.93. The fourth-order valence-electron chi connectivity index (χ4n) is 2.88. The Labute approximate surface area is 114 Å². The van der Waals surface area contributed by atoms with E-state index in [1.165, 1.54) is 0 Å². The van der Waals surface area contributed by atoms with Crippen molar-refractivity contribution in [2.24, 2.45) is 11.8 Å². The zero-order valence-corrected chi connectivity index (χ0v) is 10.9. The number of carbonyl (C=O) groups excluding carboxylic acids is 1. The lowest BCUT2D eigenvalue weighted by molar-refractivity contribution is 0.0776. The molecule has 0 aromatic heterocycles. The van der Waals surface area contributed by atoms with Gasteiger partial charge in [-0.25, -0.2) is 8.78 Å². The zero-order valence-electron chi connectivity index (χ0n) is 10.1. The minimum atomic E-state index is -0.772. The van der Waals surface area contributed by atoms with Crippen LogP contribution in [0.3, 0.4) is 0 Å². The Morgan fingerprint density at radius 3 is 2.47 bits per heavy atom. The molecule has 2 aliphatic rings. The second-order valence-electron chi connectivity index (χ2n) is 5.13. The summed E-state index contributed by atoms with van der Waals surface area (Å²) in [4.78, 5) is 13.8. The van der Waals surface area contributed by atoms with Crippen LogP contribution in [0, 0.1) is 23.5 Å². The van der Waals surface area contributed by atoms with Gasteiger partial charge in [0.05, 0.1) is 10.6 Å². The molecule has 6 heteroatoms. The molecule has 1 N–H and O–H groups in total. The van der Waals surface area contributed by atoms with E-state index >= 15 is 0 Å². The van der Waals surface area contributed by atoms with Gasteiger partial charge in [-0.05, 0) is 24.0 Å². The van der Waals surface area contributed by atoms with E-state index in [4.69, 9.17) is 11.6 Å².